The van der Waals surface area contributed by atoms with Gasteiger partial charge in [0.2, 0.25) is 0 Å². The van der Waals surface area contributed by atoms with Crippen LogP contribution in [0.4, 0.5) is 5.69 Å². The van der Waals surface area contributed by atoms with Gasteiger partial charge in [0, 0.05) is 12.1 Å². The van der Waals surface area contributed by atoms with Crippen molar-refractivity contribution in [2.75, 3.05) is 18.6 Å². The van der Waals surface area contributed by atoms with Crippen molar-refractivity contribution in [3.63, 3.8) is 0 Å². The molecule has 3 aromatic carbocycles. The molecule has 0 aliphatic carbocycles. The molecule has 3 amide bonds. The summed E-state index contributed by atoms with van der Waals surface area (Å²) in [7, 11) is 1.54. The maximum Gasteiger partial charge on any atom is 0.338 e. The smallest absolute Gasteiger partial charge is 0.338 e. The van der Waals surface area contributed by atoms with Gasteiger partial charge in [0.25, 0.3) is 17.7 Å². The van der Waals surface area contributed by atoms with E-state index in [1.165, 1.54) is 18.2 Å². The molecule has 1 aliphatic heterocycles. The maximum atomic E-state index is 12.7. The lowest BCUT2D eigenvalue weighted by Gasteiger charge is -2.15. The molecule has 3 aromatic rings. The number of fused-ring (bicyclic) bond motifs is 1. The van der Waals surface area contributed by atoms with E-state index in [-0.39, 0.29) is 17.8 Å². The van der Waals surface area contributed by atoms with E-state index in [1.807, 2.05) is 18.2 Å². The lowest BCUT2D eigenvalue weighted by molar-refractivity contribution is -0.124. The highest BCUT2D eigenvalue weighted by Gasteiger charge is 2.36. The number of hydrogen-bond acceptors (Lipinski definition) is 6. The van der Waals surface area contributed by atoms with E-state index in [0.29, 0.717) is 16.9 Å². The zero-order valence-electron chi connectivity index (χ0n) is 17.7. The number of benzene rings is 3. The van der Waals surface area contributed by atoms with Gasteiger partial charge in [-0.25, -0.2) is 9.69 Å². The van der Waals surface area contributed by atoms with Crippen LogP contribution in [0.15, 0.2) is 72.8 Å². The van der Waals surface area contributed by atoms with Crippen LogP contribution >= 0.6 is 0 Å². The minimum atomic E-state index is -0.749. The Labute approximate surface area is 189 Å². The summed E-state index contributed by atoms with van der Waals surface area (Å²) in [6.45, 7) is -0.263. The van der Waals surface area contributed by atoms with Crippen LogP contribution in [-0.2, 0) is 16.1 Å². The van der Waals surface area contributed by atoms with Crippen LogP contribution in [0.3, 0.4) is 0 Å². The van der Waals surface area contributed by atoms with E-state index in [4.69, 9.17) is 9.47 Å². The monoisotopic (exact) mass is 444 g/mol. The Morgan fingerprint density at radius 2 is 1.55 bits per heavy atom. The number of anilines is 1. The van der Waals surface area contributed by atoms with Crippen molar-refractivity contribution >= 4 is 29.4 Å². The third-order valence-electron chi connectivity index (χ3n) is 5.14. The standard InChI is InChI=1S/C25H20N2O6/c1-32-21-12-5-2-7-17(21)14-26-22(28)15-33-25(31)16-8-6-9-18(13-16)27-23(29)19-10-3-4-11-20(19)24(27)30/h2-13H,14-15H2,1H3,(H,26,28). The van der Waals surface area contributed by atoms with Crippen molar-refractivity contribution in [3.8, 4) is 5.75 Å². The molecule has 0 radical (unpaired) electrons. The zero-order valence-corrected chi connectivity index (χ0v) is 17.7. The lowest BCUT2D eigenvalue weighted by Crippen LogP contribution is -2.30. The number of esters is 1. The summed E-state index contributed by atoms with van der Waals surface area (Å²) >= 11 is 0. The molecule has 4 rings (SSSR count). The van der Waals surface area contributed by atoms with Crippen LogP contribution < -0.4 is 15.0 Å². The molecule has 8 heteroatoms. The topological polar surface area (TPSA) is 102 Å². The summed E-state index contributed by atoms with van der Waals surface area (Å²) in [6.07, 6.45) is 0. The molecule has 1 N–H and O–H groups in total. The highest BCUT2D eigenvalue weighted by Crippen LogP contribution is 2.28. The lowest BCUT2D eigenvalue weighted by atomic mass is 10.1. The van der Waals surface area contributed by atoms with E-state index in [9.17, 15) is 19.2 Å². The molecule has 0 atom stereocenters. The van der Waals surface area contributed by atoms with Gasteiger partial charge in [0.1, 0.15) is 5.75 Å². The minimum absolute atomic E-state index is 0.113. The number of rotatable bonds is 7. The van der Waals surface area contributed by atoms with Crippen LogP contribution in [0.25, 0.3) is 0 Å². The molecule has 0 aromatic heterocycles. The van der Waals surface area contributed by atoms with Crippen LogP contribution in [0.5, 0.6) is 5.75 Å². The first-order valence-corrected chi connectivity index (χ1v) is 10.1. The fourth-order valence-corrected chi connectivity index (χ4v) is 3.50. The van der Waals surface area contributed by atoms with Crippen LogP contribution in [-0.4, -0.2) is 37.4 Å². The molecular weight excluding hydrogens is 424 g/mol. The quantitative estimate of drug-likeness (QED) is 0.444. The number of methoxy groups -OCH3 is 1. The van der Waals surface area contributed by atoms with E-state index < -0.39 is 30.3 Å². The van der Waals surface area contributed by atoms with Crippen LogP contribution in [0.1, 0.15) is 36.6 Å². The number of nitrogens with zero attached hydrogens (tertiary/aromatic N) is 1. The Hall–Kier alpha value is -4.46. The Bertz CT molecular complexity index is 1220. The number of carbonyl (C=O) groups is 4. The number of amides is 3. The summed E-state index contributed by atoms with van der Waals surface area (Å²) in [6, 6.07) is 19.7. The van der Waals surface area contributed by atoms with Gasteiger partial charge in [-0.15, -0.1) is 0 Å². The molecule has 1 aliphatic rings. The minimum Gasteiger partial charge on any atom is -0.496 e. The van der Waals surface area contributed by atoms with E-state index in [2.05, 4.69) is 5.32 Å². The first-order valence-electron chi connectivity index (χ1n) is 10.1. The molecule has 0 saturated carbocycles. The van der Waals surface area contributed by atoms with Crippen molar-refractivity contribution in [1.82, 2.24) is 5.32 Å². The summed E-state index contributed by atoms with van der Waals surface area (Å²) < 4.78 is 10.3. The number of ether oxygens (including phenoxy) is 2. The molecule has 0 unspecified atom stereocenters. The molecule has 0 saturated heterocycles. The van der Waals surface area contributed by atoms with Crippen molar-refractivity contribution in [2.45, 2.75) is 6.54 Å². The van der Waals surface area contributed by atoms with Gasteiger partial charge >= 0.3 is 5.97 Å². The number of nitrogens with one attached hydrogen (secondary N) is 1. The predicted molar refractivity (Wildman–Crippen MR) is 119 cm³/mol. The zero-order chi connectivity index (χ0) is 23.4. The maximum absolute atomic E-state index is 12.7. The third-order valence-corrected chi connectivity index (χ3v) is 5.14. The number of hydrogen-bond donors (Lipinski definition) is 1. The van der Waals surface area contributed by atoms with Gasteiger partial charge in [-0.3, -0.25) is 14.4 Å². The largest absolute Gasteiger partial charge is 0.496 e. The third kappa shape index (κ3) is 4.45. The molecule has 0 spiro atoms. The second-order valence-electron chi connectivity index (χ2n) is 7.21. The second kappa shape index (κ2) is 9.35. The Balaban J connectivity index is 1.38. The van der Waals surface area contributed by atoms with Crippen molar-refractivity contribution in [2.24, 2.45) is 0 Å². The molecule has 33 heavy (non-hydrogen) atoms. The average Bonchev–Trinajstić information content (AvgIpc) is 3.11. The molecule has 166 valence electrons. The van der Waals surface area contributed by atoms with E-state index >= 15 is 0 Å². The molecule has 8 nitrogen and oxygen atoms in total. The van der Waals surface area contributed by atoms with Gasteiger partial charge in [-0.05, 0) is 36.4 Å². The summed E-state index contributed by atoms with van der Waals surface area (Å²) in [5.74, 6) is -1.51. The fraction of sp³-hybridized carbons (Fsp3) is 0.120. The first-order chi connectivity index (χ1) is 16.0. The van der Waals surface area contributed by atoms with Gasteiger partial charge in [0.05, 0.1) is 29.5 Å². The molecule has 1 heterocycles. The number of imide groups is 1. The SMILES string of the molecule is COc1ccccc1CNC(=O)COC(=O)c1cccc(N2C(=O)c3ccccc3C2=O)c1. The summed E-state index contributed by atoms with van der Waals surface area (Å²) in [4.78, 5) is 50.9. The van der Waals surface area contributed by atoms with E-state index in [0.717, 1.165) is 10.5 Å². The van der Waals surface area contributed by atoms with Crippen LogP contribution in [0.2, 0.25) is 0 Å². The normalized spacial score (nSPS) is 12.3. The number of para-hydroxylation sites is 1. The highest BCUT2D eigenvalue weighted by atomic mass is 16.5. The van der Waals surface area contributed by atoms with Gasteiger partial charge in [-0.1, -0.05) is 36.4 Å². The fourth-order valence-electron chi connectivity index (χ4n) is 3.50. The first kappa shape index (κ1) is 21.8. The predicted octanol–water partition coefficient (Wildman–Crippen LogP) is 2.97. The van der Waals surface area contributed by atoms with Crippen LogP contribution in [0, 0.1) is 0 Å². The van der Waals surface area contributed by atoms with Crippen molar-refractivity contribution in [3.05, 3.63) is 95.1 Å². The number of carbonyl (C=O) groups excluding carboxylic acids is 4. The van der Waals surface area contributed by atoms with Crippen molar-refractivity contribution < 1.29 is 28.7 Å². The Morgan fingerprint density at radius 1 is 0.879 bits per heavy atom. The molecule has 0 bridgehead atoms. The van der Waals surface area contributed by atoms with Gasteiger partial charge < -0.3 is 14.8 Å². The highest BCUT2D eigenvalue weighted by molar-refractivity contribution is 6.34. The molecular formula is C25H20N2O6. The second-order valence-corrected chi connectivity index (χ2v) is 7.21. The van der Waals surface area contributed by atoms with E-state index in [1.54, 1.807) is 43.5 Å². The Kier molecular flexibility index (Phi) is 6.17. The van der Waals surface area contributed by atoms with Gasteiger partial charge in [0.15, 0.2) is 6.61 Å². The van der Waals surface area contributed by atoms with Crippen molar-refractivity contribution in [1.29, 1.82) is 0 Å². The Morgan fingerprint density at radius 3 is 2.24 bits per heavy atom. The summed E-state index contributed by atoms with van der Waals surface area (Å²) in [5.41, 5.74) is 1.76. The summed E-state index contributed by atoms with van der Waals surface area (Å²) in [5, 5.41) is 2.66. The molecule has 0 fully saturated rings. The average molecular weight is 444 g/mol. The van der Waals surface area contributed by atoms with Gasteiger partial charge in [-0.2, -0.15) is 0 Å².